The molecule has 0 saturated carbocycles. The summed E-state index contributed by atoms with van der Waals surface area (Å²) in [4.78, 5) is 1.35. The van der Waals surface area contributed by atoms with Crippen molar-refractivity contribution < 1.29 is 0 Å². The zero-order chi connectivity index (χ0) is 12.0. The molecule has 1 N–H and O–H groups in total. The molecule has 0 radical (unpaired) electrons. The highest BCUT2D eigenvalue weighted by atomic mass is 35.5. The van der Waals surface area contributed by atoms with Crippen molar-refractivity contribution in [3.63, 3.8) is 0 Å². The molecule has 1 rings (SSSR count). The molecule has 1 atom stereocenters. The third-order valence-electron chi connectivity index (χ3n) is 2.12. The molecule has 0 aliphatic carbocycles. The Morgan fingerprint density at radius 3 is 2.62 bits per heavy atom. The van der Waals surface area contributed by atoms with Gasteiger partial charge in [0.2, 0.25) is 0 Å². The van der Waals surface area contributed by atoms with E-state index in [4.69, 9.17) is 11.6 Å². The summed E-state index contributed by atoms with van der Waals surface area (Å²) in [7, 11) is 0. The van der Waals surface area contributed by atoms with Crippen molar-refractivity contribution in [2.24, 2.45) is 5.92 Å². The van der Waals surface area contributed by atoms with Crippen molar-refractivity contribution in [2.45, 2.75) is 26.8 Å². The lowest BCUT2D eigenvalue weighted by atomic mass is 10.3. The van der Waals surface area contributed by atoms with E-state index < -0.39 is 0 Å². The fraction of sp³-hybridized carbons (Fsp3) is 0.667. The fourth-order valence-electron chi connectivity index (χ4n) is 1.43. The van der Waals surface area contributed by atoms with Crippen molar-refractivity contribution in [2.75, 3.05) is 18.1 Å². The fourth-order valence-corrected chi connectivity index (χ4v) is 3.81. The molecule has 0 bridgehead atoms. The molecule has 0 aliphatic heterocycles. The van der Waals surface area contributed by atoms with E-state index in [2.05, 4.69) is 32.2 Å². The Kier molecular flexibility index (Phi) is 6.81. The van der Waals surface area contributed by atoms with Gasteiger partial charge in [0.25, 0.3) is 0 Å². The molecule has 1 aromatic heterocycles. The molecule has 0 fully saturated rings. The van der Waals surface area contributed by atoms with E-state index >= 15 is 0 Å². The van der Waals surface area contributed by atoms with Crippen molar-refractivity contribution in [1.82, 2.24) is 5.32 Å². The molecule has 4 heteroatoms. The van der Waals surface area contributed by atoms with Gasteiger partial charge in [-0.2, -0.15) is 11.8 Å². The Morgan fingerprint density at radius 1 is 1.38 bits per heavy atom. The van der Waals surface area contributed by atoms with Crippen LogP contribution in [0.1, 0.15) is 31.7 Å². The van der Waals surface area contributed by atoms with Crippen LogP contribution in [0.15, 0.2) is 12.1 Å². The van der Waals surface area contributed by atoms with Gasteiger partial charge in [0.05, 0.1) is 10.4 Å². The lowest BCUT2D eigenvalue weighted by Gasteiger charge is -2.16. The average molecular weight is 278 g/mol. The Bertz CT molecular complexity index is 299. The van der Waals surface area contributed by atoms with E-state index in [0.717, 1.165) is 22.6 Å². The van der Waals surface area contributed by atoms with Gasteiger partial charge in [0.1, 0.15) is 0 Å². The number of hydrogen-bond donors (Lipinski definition) is 1. The highest BCUT2D eigenvalue weighted by Gasteiger charge is 2.12. The van der Waals surface area contributed by atoms with E-state index in [-0.39, 0.29) is 0 Å². The summed E-state index contributed by atoms with van der Waals surface area (Å²) in [6.07, 6.45) is 0. The highest BCUT2D eigenvalue weighted by Crippen LogP contribution is 2.29. The van der Waals surface area contributed by atoms with Gasteiger partial charge in [0.15, 0.2) is 0 Å². The molecule has 0 aliphatic rings. The van der Waals surface area contributed by atoms with Crippen molar-refractivity contribution in [3.05, 3.63) is 21.3 Å². The topological polar surface area (TPSA) is 12.0 Å². The number of halogens is 1. The zero-order valence-corrected chi connectivity index (χ0v) is 12.5. The van der Waals surface area contributed by atoms with Crippen LogP contribution in [0.25, 0.3) is 0 Å². The van der Waals surface area contributed by atoms with Crippen LogP contribution < -0.4 is 5.32 Å². The molecule has 1 heterocycles. The molecule has 1 aromatic rings. The first-order valence-corrected chi connectivity index (χ1v) is 8.04. The first-order chi connectivity index (χ1) is 7.63. The summed E-state index contributed by atoms with van der Waals surface area (Å²) in [5, 5.41) is 3.52. The normalized spacial score (nSPS) is 13.3. The summed E-state index contributed by atoms with van der Waals surface area (Å²) >= 11 is 9.67. The maximum Gasteiger partial charge on any atom is 0.0931 e. The molecule has 1 nitrogen and oxygen atoms in total. The van der Waals surface area contributed by atoms with Crippen LogP contribution in [0.4, 0.5) is 0 Å². The van der Waals surface area contributed by atoms with Gasteiger partial charge in [0, 0.05) is 10.6 Å². The van der Waals surface area contributed by atoms with Gasteiger partial charge in [-0.15, -0.1) is 11.3 Å². The van der Waals surface area contributed by atoms with Gasteiger partial charge in [-0.3, -0.25) is 0 Å². The maximum absolute atomic E-state index is 5.97. The van der Waals surface area contributed by atoms with Crippen LogP contribution in [0.3, 0.4) is 0 Å². The Labute approximate surface area is 112 Å². The van der Waals surface area contributed by atoms with Gasteiger partial charge >= 0.3 is 0 Å². The summed E-state index contributed by atoms with van der Waals surface area (Å²) in [5.41, 5.74) is 0. The standard InChI is InChI=1S/C12H20ClNS2/c1-4-14-10(8-15-7-9(2)3)11-5-6-12(13)16-11/h5-6,9-10,14H,4,7-8H2,1-3H3. The van der Waals surface area contributed by atoms with Crippen LogP contribution in [0.2, 0.25) is 4.34 Å². The van der Waals surface area contributed by atoms with E-state index in [0.29, 0.717) is 6.04 Å². The van der Waals surface area contributed by atoms with Crippen molar-refractivity contribution in [3.8, 4) is 0 Å². The molecule has 0 spiro atoms. The second-order valence-electron chi connectivity index (χ2n) is 4.18. The molecular weight excluding hydrogens is 258 g/mol. The van der Waals surface area contributed by atoms with Crippen LogP contribution in [0.5, 0.6) is 0 Å². The average Bonchev–Trinajstić information content (AvgIpc) is 2.63. The third kappa shape index (κ3) is 5.09. The largest absolute Gasteiger partial charge is 0.309 e. The van der Waals surface area contributed by atoms with E-state index in [1.807, 2.05) is 17.8 Å². The highest BCUT2D eigenvalue weighted by molar-refractivity contribution is 7.99. The van der Waals surface area contributed by atoms with E-state index in [1.54, 1.807) is 11.3 Å². The SMILES string of the molecule is CCNC(CSCC(C)C)c1ccc(Cl)s1. The number of thiophene rings is 1. The van der Waals surface area contributed by atoms with Gasteiger partial charge in [-0.1, -0.05) is 32.4 Å². The Morgan fingerprint density at radius 2 is 2.12 bits per heavy atom. The van der Waals surface area contributed by atoms with Crippen molar-refractivity contribution >= 4 is 34.7 Å². The summed E-state index contributed by atoms with van der Waals surface area (Å²) in [6, 6.07) is 4.57. The van der Waals surface area contributed by atoms with E-state index in [9.17, 15) is 0 Å². The molecule has 16 heavy (non-hydrogen) atoms. The number of hydrogen-bond acceptors (Lipinski definition) is 3. The maximum atomic E-state index is 5.97. The molecule has 1 unspecified atom stereocenters. The lowest BCUT2D eigenvalue weighted by molar-refractivity contribution is 0.614. The summed E-state index contributed by atoms with van der Waals surface area (Å²) < 4.78 is 0.881. The third-order valence-corrected chi connectivity index (χ3v) is 4.94. The lowest BCUT2D eigenvalue weighted by Crippen LogP contribution is -2.22. The predicted octanol–water partition coefficient (Wildman–Crippen LogP) is 4.44. The zero-order valence-electron chi connectivity index (χ0n) is 10.1. The number of nitrogens with one attached hydrogen (secondary N) is 1. The molecule has 92 valence electrons. The molecular formula is C12H20ClNS2. The predicted molar refractivity (Wildman–Crippen MR) is 77.9 cm³/mol. The smallest absolute Gasteiger partial charge is 0.0931 e. The minimum absolute atomic E-state index is 0.450. The van der Waals surface area contributed by atoms with Gasteiger partial charge in [-0.05, 0) is 30.3 Å². The first kappa shape index (κ1) is 14.4. The van der Waals surface area contributed by atoms with Gasteiger partial charge < -0.3 is 5.32 Å². The van der Waals surface area contributed by atoms with E-state index in [1.165, 1.54) is 10.6 Å². The molecule has 0 saturated heterocycles. The molecule has 0 amide bonds. The first-order valence-electron chi connectivity index (χ1n) is 5.69. The van der Waals surface area contributed by atoms with Crippen LogP contribution in [0, 0.1) is 5.92 Å². The molecule has 0 aromatic carbocycles. The van der Waals surface area contributed by atoms with Gasteiger partial charge in [-0.25, -0.2) is 0 Å². The minimum atomic E-state index is 0.450. The van der Waals surface area contributed by atoms with Crippen LogP contribution in [-0.2, 0) is 0 Å². The van der Waals surface area contributed by atoms with Crippen LogP contribution >= 0.6 is 34.7 Å². The number of thioether (sulfide) groups is 1. The second-order valence-corrected chi connectivity index (χ2v) is 7.01. The summed E-state index contributed by atoms with van der Waals surface area (Å²) in [5.74, 6) is 3.11. The van der Waals surface area contributed by atoms with Crippen LogP contribution in [-0.4, -0.2) is 18.1 Å². The Balaban J connectivity index is 2.47. The second kappa shape index (κ2) is 7.59. The quantitative estimate of drug-likeness (QED) is 0.791. The number of rotatable bonds is 7. The minimum Gasteiger partial charge on any atom is -0.309 e. The Hall–Kier alpha value is 0.300. The monoisotopic (exact) mass is 277 g/mol. The summed E-state index contributed by atoms with van der Waals surface area (Å²) in [6.45, 7) is 7.67. The van der Waals surface area contributed by atoms with Crippen molar-refractivity contribution in [1.29, 1.82) is 0 Å².